The molecule has 1 aliphatic heterocycles. The minimum absolute atomic E-state index is 0.0254. The lowest BCUT2D eigenvalue weighted by Gasteiger charge is -2.23. The topological polar surface area (TPSA) is 97.5 Å². The number of benzene rings is 3. The van der Waals surface area contributed by atoms with Crippen LogP contribution in [-0.2, 0) is 0 Å². The molecule has 0 unspecified atom stereocenters. The Morgan fingerprint density at radius 2 is 1.93 bits per heavy atom. The maximum Gasteiger partial charge on any atom is 0.191 e. The number of nitrogens with two attached hydrogens (primary N) is 1. The van der Waals surface area contributed by atoms with Crippen LogP contribution in [0.25, 0.3) is 10.9 Å². The second-order valence-electron chi connectivity index (χ2n) is 9.72. The Morgan fingerprint density at radius 3 is 2.64 bits per heavy atom. The number of hydrogen-bond donors (Lipinski definition) is 2. The van der Waals surface area contributed by atoms with Gasteiger partial charge in [-0.1, -0.05) is 11.6 Å². The smallest absolute Gasteiger partial charge is 0.191 e. The Balaban J connectivity index is 1.28. The first-order valence-electron chi connectivity index (χ1n) is 13.6. The van der Waals surface area contributed by atoms with E-state index >= 15 is 4.39 Å². The number of nitrogens with zero attached hydrogens (tertiary/aromatic N) is 4. The predicted octanol–water partition coefficient (Wildman–Crippen LogP) is 6.92. The highest BCUT2D eigenvalue weighted by molar-refractivity contribution is 7.80. The minimum atomic E-state index is -0.581. The third kappa shape index (κ3) is 7.55. The lowest BCUT2D eigenvalue weighted by molar-refractivity contribution is 0.245. The van der Waals surface area contributed by atoms with E-state index in [-0.39, 0.29) is 10.9 Å². The fraction of sp³-hybridized carbons (Fsp3) is 0.156. The van der Waals surface area contributed by atoms with Gasteiger partial charge in [0.05, 0.1) is 31.1 Å². The van der Waals surface area contributed by atoms with Crippen molar-refractivity contribution in [3.8, 4) is 23.0 Å². The minimum Gasteiger partial charge on any atom is -0.493 e. The van der Waals surface area contributed by atoms with Crippen LogP contribution in [-0.4, -0.2) is 41.6 Å². The Kier molecular flexibility index (Phi) is 9.78. The van der Waals surface area contributed by atoms with Crippen molar-refractivity contribution in [2.24, 2.45) is 10.8 Å². The number of allylic oxidation sites excluding steroid dienone is 2. The lowest BCUT2D eigenvalue weighted by Crippen LogP contribution is -2.32. The number of hydrogen-bond acceptors (Lipinski definition) is 8. The van der Waals surface area contributed by atoms with Gasteiger partial charge in [-0.25, -0.2) is 9.40 Å². The van der Waals surface area contributed by atoms with Gasteiger partial charge in [-0.3, -0.25) is 9.99 Å². The van der Waals surface area contributed by atoms with E-state index < -0.39 is 5.82 Å². The molecule has 44 heavy (non-hydrogen) atoms. The fourth-order valence-corrected chi connectivity index (χ4v) is 4.56. The summed E-state index contributed by atoms with van der Waals surface area (Å²) in [5.74, 6) is 0.932. The molecule has 0 saturated carbocycles. The number of anilines is 1. The molecule has 9 nitrogen and oxygen atoms in total. The maximum absolute atomic E-state index is 15.2. The van der Waals surface area contributed by atoms with Gasteiger partial charge in [-0.05, 0) is 91.0 Å². The highest BCUT2D eigenvalue weighted by Gasteiger charge is 2.15. The predicted molar refractivity (Wildman–Crippen MR) is 176 cm³/mol. The molecule has 0 fully saturated rings. The molecular weight excluding hydrogens is 603 g/mol. The van der Waals surface area contributed by atoms with Crippen molar-refractivity contribution in [2.75, 3.05) is 25.3 Å². The highest BCUT2D eigenvalue weighted by Crippen LogP contribution is 2.37. The molecule has 4 aromatic rings. The summed E-state index contributed by atoms with van der Waals surface area (Å²) >= 11 is 11.1. The first kappa shape index (κ1) is 30.6. The van der Waals surface area contributed by atoms with E-state index in [1.54, 1.807) is 61.8 Å². The van der Waals surface area contributed by atoms with Crippen LogP contribution in [0.1, 0.15) is 18.9 Å². The second-order valence-corrected chi connectivity index (χ2v) is 10.6. The molecule has 2 heterocycles. The first-order chi connectivity index (χ1) is 21.3. The van der Waals surface area contributed by atoms with Gasteiger partial charge < -0.3 is 25.4 Å². The van der Waals surface area contributed by atoms with Crippen LogP contribution in [0, 0.1) is 5.82 Å². The molecule has 1 aliphatic rings. The molecule has 0 spiro atoms. The van der Waals surface area contributed by atoms with Crippen LogP contribution in [0.3, 0.4) is 0 Å². The molecule has 0 atom stereocenters. The number of rotatable bonds is 11. The average Bonchev–Trinajstić information content (AvgIpc) is 3.02. The van der Waals surface area contributed by atoms with Gasteiger partial charge in [-0.15, -0.1) is 0 Å². The molecule has 0 amide bonds. The maximum atomic E-state index is 15.2. The standard InChI is InChI=1S/C32H30ClFN6O3S/c1-21-11-14-39(37-19-21)13-3-15-42-31-18-27-25(17-30(31)41-2)28(10-12-36-27)43-29-9-4-22(16-26(29)34)20-38-40(32(35)44)24-7-5-23(33)6-8-24/h4-12,14,16-20,37H,3,13,15H2,1-2H3,(H2,35,44)/b38-20+. The van der Waals surface area contributed by atoms with Gasteiger partial charge in [0, 0.05) is 48.0 Å². The Labute approximate surface area is 264 Å². The number of ether oxygens (including phenoxy) is 3. The normalized spacial score (nSPS) is 12.6. The van der Waals surface area contributed by atoms with Crippen LogP contribution in [0.2, 0.25) is 5.02 Å². The SMILES string of the molecule is COc1cc2c(Oc3ccc(/C=N/N(C(N)=S)c4ccc(Cl)cc4)cc3F)ccnc2cc1OCCCN1C=CC(C)=CN1. The summed E-state index contributed by atoms with van der Waals surface area (Å²) in [6, 6.07) is 16.6. The molecular formula is C32H30ClFN6O3S. The third-order valence-corrected chi connectivity index (χ3v) is 6.97. The number of hydrazine groups is 1. The summed E-state index contributed by atoms with van der Waals surface area (Å²) in [7, 11) is 1.56. The van der Waals surface area contributed by atoms with Crippen molar-refractivity contribution in [2.45, 2.75) is 13.3 Å². The van der Waals surface area contributed by atoms with Crippen LogP contribution < -0.4 is 30.4 Å². The van der Waals surface area contributed by atoms with Crippen molar-refractivity contribution in [1.82, 2.24) is 15.4 Å². The largest absolute Gasteiger partial charge is 0.493 e. The summed E-state index contributed by atoms with van der Waals surface area (Å²) in [5, 5.41) is 8.89. The summed E-state index contributed by atoms with van der Waals surface area (Å²) in [4.78, 5) is 4.46. The summed E-state index contributed by atoms with van der Waals surface area (Å²) < 4.78 is 32.8. The zero-order valence-electron chi connectivity index (χ0n) is 24.0. The molecule has 3 aromatic carbocycles. The van der Waals surface area contributed by atoms with E-state index in [0.29, 0.717) is 51.0 Å². The summed E-state index contributed by atoms with van der Waals surface area (Å²) in [5.41, 5.74) is 11.9. The van der Waals surface area contributed by atoms with Crippen LogP contribution in [0.5, 0.6) is 23.0 Å². The quantitative estimate of drug-likeness (QED) is 0.0790. The van der Waals surface area contributed by atoms with Gasteiger partial charge in [-0.2, -0.15) is 5.10 Å². The number of nitrogens with one attached hydrogen (secondary N) is 1. The molecule has 12 heteroatoms. The van der Waals surface area contributed by atoms with Gasteiger partial charge >= 0.3 is 0 Å². The van der Waals surface area contributed by atoms with Crippen LogP contribution in [0.4, 0.5) is 10.1 Å². The molecule has 0 aliphatic carbocycles. The molecule has 0 saturated heterocycles. The zero-order chi connectivity index (χ0) is 31.1. The zero-order valence-corrected chi connectivity index (χ0v) is 25.6. The second kappa shape index (κ2) is 14.1. The third-order valence-electron chi connectivity index (χ3n) is 6.54. The number of fused-ring (bicyclic) bond motifs is 1. The monoisotopic (exact) mass is 632 g/mol. The van der Waals surface area contributed by atoms with Gasteiger partial charge in [0.25, 0.3) is 0 Å². The van der Waals surface area contributed by atoms with E-state index in [2.05, 4.69) is 15.5 Å². The van der Waals surface area contributed by atoms with E-state index in [1.165, 1.54) is 23.4 Å². The Bertz CT molecular complexity index is 1750. The fourth-order valence-electron chi connectivity index (χ4n) is 4.29. The van der Waals surface area contributed by atoms with Crippen LogP contribution >= 0.6 is 23.8 Å². The number of pyridine rings is 1. The first-order valence-corrected chi connectivity index (χ1v) is 14.4. The van der Waals surface area contributed by atoms with Gasteiger partial charge in [0.15, 0.2) is 28.2 Å². The molecule has 226 valence electrons. The number of thiocarbonyl (C=S) groups is 1. The molecule has 1 aromatic heterocycles. The van der Waals surface area contributed by atoms with E-state index in [0.717, 1.165) is 18.5 Å². The van der Waals surface area contributed by atoms with Gasteiger partial charge in [0.1, 0.15) is 5.75 Å². The number of halogens is 2. The van der Waals surface area contributed by atoms with Crippen molar-refractivity contribution < 1.29 is 18.6 Å². The van der Waals surface area contributed by atoms with Crippen LogP contribution in [0.15, 0.2) is 96.0 Å². The highest BCUT2D eigenvalue weighted by atomic mass is 35.5. The summed E-state index contributed by atoms with van der Waals surface area (Å²) in [6.07, 6.45) is 9.81. The summed E-state index contributed by atoms with van der Waals surface area (Å²) in [6.45, 7) is 3.27. The number of aromatic nitrogens is 1. The Morgan fingerprint density at radius 1 is 1.11 bits per heavy atom. The van der Waals surface area contributed by atoms with Crippen molar-refractivity contribution in [3.05, 3.63) is 107 Å². The lowest BCUT2D eigenvalue weighted by atomic mass is 10.1. The van der Waals surface area contributed by atoms with Gasteiger partial charge in [0.2, 0.25) is 0 Å². The molecule has 0 bridgehead atoms. The van der Waals surface area contributed by atoms with Crippen molar-refractivity contribution in [1.29, 1.82) is 0 Å². The van der Waals surface area contributed by atoms with Crippen molar-refractivity contribution >= 4 is 51.7 Å². The van der Waals surface area contributed by atoms with Crippen molar-refractivity contribution in [3.63, 3.8) is 0 Å². The Hall–Kier alpha value is -4.87. The number of hydrazone groups is 1. The van der Waals surface area contributed by atoms with E-state index in [9.17, 15) is 0 Å². The molecule has 3 N–H and O–H groups in total. The molecule has 0 radical (unpaired) electrons. The number of methoxy groups -OCH3 is 1. The average molecular weight is 633 g/mol. The van der Waals surface area contributed by atoms with E-state index in [4.69, 9.17) is 43.8 Å². The molecule has 5 rings (SSSR count). The van der Waals surface area contributed by atoms with E-state index in [1.807, 2.05) is 30.4 Å².